The maximum Gasteiger partial charge on any atom is 0.251 e. The largest absolute Gasteiger partial charge is 0.493 e. The molecule has 25 heavy (non-hydrogen) atoms. The Morgan fingerprint density at radius 1 is 0.880 bits per heavy atom. The van der Waals surface area contributed by atoms with Gasteiger partial charge in [0.25, 0.3) is 5.91 Å². The van der Waals surface area contributed by atoms with E-state index < -0.39 is 0 Å². The van der Waals surface area contributed by atoms with Crippen molar-refractivity contribution in [1.29, 1.82) is 0 Å². The van der Waals surface area contributed by atoms with Crippen LogP contribution in [0.15, 0.2) is 36.4 Å². The van der Waals surface area contributed by atoms with Gasteiger partial charge in [-0.3, -0.25) is 4.79 Å². The molecule has 0 aromatic heterocycles. The monoisotopic (exact) mass is 339 g/mol. The highest BCUT2D eigenvalue weighted by molar-refractivity contribution is 5.94. The van der Waals surface area contributed by atoms with Gasteiger partial charge in [-0.25, -0.2) is 0 Å². The van der Waals surface area contributed by atoms with Gasteiger partial charge in [-0.2, -0.15) is 0 Å². The molecule has 4 rings (SSSR count). The van der Waals surface area contributed by atoms with E-state index in [0.29, 0.717) is 36.8 Å². The van der Waals surface area contributed by atoms with Gasteiger partial charge in [0.05, 0.1) is 19.8 Å². The first-order valence-corrected chi connectivity index (χ1v) is 8.72. The number of hydrogen-bond acceptors (Lipinski definition) is 4. The number of carbonyl (C=O) groups is 1. The molecule has 0 atom stereocenters. The van der Waals surface area contributed by atoms with E-state index in [2.05, 4.69) is 11.4 Å². The SMILES string of the molecule is O=C(NCc1ccc2c(c1)CCCO2)c1ccc2c(c1)OCCCO2. The summed E-state index contributed by atoms with van der Waals surface area (Å²) in [6, 6.07) is 11.4. The number of carbonyl (C=O) groups excluding carboxylic acids is 1. The fourth-order valence-corrected chi connectivity index (χ4v) is 3.11. The fourth-order valence-electron chi connectivity index (χ4n) is 3.11. The lowest BCUT2D eigenvalue weighted by Gasteiger charge is -2.18. The van der Waals surface area contributed by atoms with Gasteiger partial charge in [0.2, 0.25) is 0 Å². The molecule has 1 amide bonds. The van der Waals surface area contributed by atoms with Crippen molar-refractivity contribution < 1.29 is 19.0 Å². The predicted molar refractivity (Wildman–Crippen MR) is 93.5 cm³/mol. The van der Waals surface area contributed by atoms with Crippen LogP contribution in [0.25, 0.3) is 0 Å². The summed E-state index contributed by atoms with van der Waals surface area (Å²) in [5.41, 5.74) is 2.87. The van der Waals surface area contributed by atoms with E-state index in [1.54, 1.807) is 18.2 Å². The van der Waals surface area contributed by atoms with Gasteiger partial charge in [0, 0.05) is 18.5 Å². The molecule has 2 heterocycles. The molecule has 0 aliphatic carbocycles. The molecule has 0 radical (unpaired) electrons. The number of hydrogen-bond donors (Lipinski definition) is 1. The Morgan fingerprint density at radius 2 is 1.64 bits per heavy atom. The van der Waals surface area contributed by atoms with Crippen LogP contribution in [-0.2, 0) is 13.0 Å². The minimum absolute atomic E-state index is 0.121. The molecule has 0 saturated heterocycles. The van der Waals surface area contributed by atoms with Gasteiger partial charge >= 0.3 is 0 Å². The van der Waals surface area contributed by atoms with Gasteiger partial charge in [-0.05, 0) is 48.2 Å². The van der Waals surface area contributed by atoms with Crippen LogP contribution in [0.4, 0.5) is 0 Å². The highest BCUT2D eigenvalue weighted by atomic mass is 16.5. The zero-order chi connectivity index (χ0) is 17.1. The molecule has 5 heteroatoms. The second-order valence-corrected chi connectivity index (χ2v) is 6.29. The van der Waals surface area contributed by atoms with Crippen LogP contribution in [0.3, 0.4) is 0 Å². The second kappa shape index (κ2) is 7.05. The first-order valence-electron chi connectivity index (χ1n) is 8.72. The number of aryl methyl sites for hydroxylation is 1. The molecule has 2 aliphatic heterocycles. The molecule has 0 spiro atoms. The summed E-state index contributed by atoms with van der Waals surface area (Å²) in [5.74, 6) is 2.17. The Labute approximate surface area is 146 Å². The maximum absolute atomic E-state index is 12.4. The highest BCUT2D eigenvalue weighted by Gasteiger charge is 2.15. The van der Waals surface area contributed by atoms with Crippen molar-refractivity contribution >= 4 is 5.91 Å². The average molecular weight is 339 g/mol. The van der Waals surface area contributed by atoms with E-state index in [4.69, 9.17) is 14.2 Å². The third-order valence-corrected chi connectivity index (χ3v) is 4.44. The Bertz CT molecular complexity index is 787. The smallest absolute Gasteiger partial charge is 0.251 e. The zero-order valence-corrected chi connectivity index (χ0v) is 14.0. The zero-order valence-electron chi connectivity index (χ0n) is 14.0. The second-order valence-electron chi connectivity index (χ2n) is 6.29. The summed E-state index contributed by atoms with van der Waals surface area (Å²) in [6.45, 7) is 2.52. The molecule has 2 aliphatic rings. The Morgan fingerprint density at radius 3 is 2.56 bits per heavy atom. The van der Waals surface area contributed by atoms with E-state index >= 15 is 0 Å². The van der Waals surface area contributed by atoms with Crippen LogP contribution in [0.5, 0.6) is 17.2 Å². The van der Waals surface area contributed by atoms with E-state index in [1.165, 1.54) is 5.56 Å². The molecule has 0 saturated carbocycles. The molecular formula is C20H21NO4. The minimum atomic E-state index is -0.121. The van der Waals surface area contributed by atoms with Gasteiger partial charge in [-0.15, -0.1) is 0 Å². The molecular weight excluding hydrogens is 318 g/mol. The van der Waals surface area contributed by atoms with Crippen molar-refractivity contribution in [2.75, 3.05) is 19.8 Å². The van der Waals surface area contributed by atoms with E-state index in [9.17, 15) is 4.79 Å². The van der Waals surface area contributed by atoms with Gasteiger partial charge in [0.1, 0.15) is 5.75 Å². The molecule has 2 aromatic carbocycles. The van der Waals surface area contributed by atoms with Crippen LogP contribution in [0.2, 0.25) is 0 Å². The number of rotatable bonds is 3. The molecule has 0 fully saturated rings. The summed E-state index contributed by atoms with van der Waals surface area (Å²) in [6.07, 6.45) is 2.91. The number of nitrogens with one attached hydrogen (secondary N) is 1. The van der Waals surface area contributed by atoms with Crippen LogP contribution in [0.1, 0.15) is 34.3 Å². The third kappa shape index (κ3) is 3.55. The first-order chi connectivity index (χ1) is 12.3. The van der Waals surface area contributed by atoms with Gasteiger partial charge < -0.3 is 19.5 Å². The lowest BCUT2D eigenvalue weighted by atomic mass is 10.0. The fraction of sp³-hybridized carbons (Fsp3) is 0.350. The van der Waals surface area contributed by atoms with Crippen LogP contribution in [0, 0.1) is 0 Å². The van der Waals surface area contributed by atoms with E-state index in [-0.39, 0.29) is 5.91 Å². The number of fused-ring (bicyclic) bond motifs is 2. The van der Waals surface area contributed by atoms with Gasteiger partial charge in [-0.1, -0.05) is 12.1 Å². The van der Waals surface area contributed by atoms with Crippen LogP contribution >= 0.6 is 0 Å². The van der Waals surface area contributed by atoms with Crippen molar-refractivity contribution in [3.05, 3.63) is 53.1 Å². The van der Waals surface area contributed by atoms with Crippen molar-refractivity contribution in [2.24, 2.45) is 0 Å². The topological polar surface area (TPSA) is 56.8 Å². The van der Waals surface area contributed by atoms with Crippen LogP contribution in [-0.4, -0.2) is 25.7 Å². The Kier molecular flexibility index (Phi) is 4.46. The summed E-state index contributed by atoms with van der Waals surface area (Å²) in [4.78, 5) is 12.4. The summed E-state index contributed by atoms with van der Waals surface area (Å²) < 4.78 is 16.9. The summed E-state index contributed by atoms with van der Waals surface area (Å²) in [7, 11) is 0. The average Bonchev–Trinajstić information content (AvgIpc) is 2.90. The van der Waals surface area contributed by atoms with Crippen molar-refractivity contribution in [2.45, 2.75) is 25.8 Å². The lowest BCUT2D eigenvalue weighted by molar-refractivity contribution is 0.0950. The van der Waals surface area contributed by atoms with Gasteiger partial charge in [0.15, 0.2) is 11.5 Å². The van der Waals surface area contributed by atoms with E-state index in [1.807, 2.05) is 12.1 Å². The number of amides is 1. The first kappa shape index (κ1) is 15.8. The standard InChI is InChI=1S/C20H21NO4/c22-20(16-5-7-18-19(12-16)25-10-2-9-24-18)21-13-14-4-6-17-15(11-14)3-1-8-23-17/h4-7,11-12H,1-3,8-10,13H2,(H,21,22). The molecule has 2 aromatic rings. The third-order valence-electron chi connectivity index (χ3n) is 4.44. The Hall–Kier alpha value is -2.69. The Balaban J connectivity index is 1.43. The molecule has 0 bridgehead atoms. The number of benzene rings is 2. The number of ether oxygens (including phenoxy) is 3. The molecule has 0 unspecified atom stereocenters. The molecule has 130 valence electrons. The predicted octanol–water partition coefficient (Wildman–Crippen LogP) is 3.10. The quantitative estimate of drug-likeness (QED) is 0.933. The minimum Gasteiger partial charge on any atom is -0.493 e. The molecule has 5 nitrogen and oxygen atoms in total. The van der Waals surface area contributed by atoms with Crippen molar-refractivity contribution in [3.8, 4) is 17.2 Å². The van der Waals surface area contributed by atoms with Crippen molar-refractivity contribution in [1.82, 2.24) is 5.32 Å². The van der Waals surface area contributed by atoms with Crippen molar-refractivity contribution in [3.63, 3.8) is 0 Å². The summed E-state index contributed by atoms with van der Waals surface area (Å²) >= 11 is 0. The molecule has 1 N–H and O–H groups in total. The normalized spacial score (nSPS) is 15.5. The van der Waals surface area contributed by atoms with Crippen LogP contribution < -0.4 is 19.5 Å². The highest BCUT2D eigenvalue weighted by Crippen LogP contribution is 2.30. The maximum atomic E-state index is 12.4. The summed E-state index contributed by atoms with van der Waals surface area (Å²) in [5, 5.41) is 2.97. The lowest BCUT2D eigenvalue weighted by Crippen LogP contribution is -2.23. The van der Waals surface area contributed by atoms with E-state index in [0.717, 1.165) is 37.2 Å².